The maximum absolute atomic E-state index is 11.7. The number of aromatic amines is 1. The van der Waals surface area contributed by atoms with Crippen LogP contribution in [0.1, 0.15) is 12.7 Å². The molecular formula is C11H13N3O2S. The molecule has 0 bridgehead atoms. The van der Waals surface area contributed by atoms with E-state index in [-0.39, 0.29) is 5.56 Å². The van der Waals surface area contributed by atoms with E-state index in [1.807, 2.05) is 18.4 Å². The highest BCUT2D eigenvalue weighted by Crippen LogP contribution is 2.21. The third-order valence-electron chi connectivity index (χ3n) is 2.87. The van der Waals surface area contributed by atoms with Gasteiger partial charge in [-0.05, 0) is 18.4 Å². The highest BCUT2D eigenvalue weighted by molar-refractivity contribution is 7.17. The first-order chi connectivity index (χ1) is 8.03. The Morgan fingerprint density at radius 3 is 3.12 bits per heavy atom. The number of aliphatic hydroxyl groups is 1. The van der Waals surface area contributed by atoms with Crippen LogP contribution in [0.2, 0.25) is 0 Å². The molecule has 0 aromatic carbocycles. The van der Waals surface area contributed by atoms with Gasteiger partial charge in [-0.2, -0.15) is 0 Å². The summed E-state index contributed by atoms with van der Waals surface area (Å²) in [5, 5.41) is 11.5. The van der Waals surface area contributed by atoms with Crippen LogP contribution in [-0.2, 0) is 6.54 Å². The summed E-state index contributed by atoms with van der Waals surface area (Å²) >= 11 is 1.40. The zero-order chi connectivity index (χ0) is 12.0. The SMILES string of the molecule is CC1(O)CN(Cc2nc3ccsc3c(=O)[nH]2)C1. The van der Waals surface area contributed by atoms with Crippen LogP contribution in [0, 0.1) is 0 Å². The molecule has 3 heterocycles. The van der Waals surface area contributed by atoms with Crippen LogP contribution in [0.25, 0.3) is 10.2 Å². The van der Waals surface area contributed by atoms with Crippen molar-refractivity contribution in [3.63, 3.8) is 0 Å². The molecular weight excluding hydrogens is 238 g/mol. The van der Waals surface area contributed by atoms with Gasteiger partial charge in [-0.1, -0.05) is 0 Å². The number of fused-ring (bicyclic) bond motifs is 1. The Hall–Kier alpha value is -1.24. The summed E-state index contributed by atoms with van der Waals surface area (Å²) in [4.78, 5) is 21.0. The Morgan fingerprint density at radius 2 is 2.41 bits per heavy atom. The molecule has 2 aromatic rings. The van der Waals surface area contributed by atoms with Gasteiger partial charge >= 0.3 is 0 Å². The first-order valence-corrected chi connectivity index (χ1v) is 6.33. The van der Waals surface area contributed by atoms with Gasteiger partial charge in [-0.15, -0.1) is 11.3 Å². The molecule has 90 valence electrons. The maximum Gasteiger partial charge on any atom is 0.268 e. The van der Waals surface area contributed by atoms with Crippen LogP contribution < -0.4 is 5.56 Å². The van der Waals surface area contributed by atoms with E-state index >= 15 is 0 Å². The summed E-state index contributed by atoms with van der Waals surface area (Å²) in [5.74, 6) is 0.663. The molecule has 1 aliphatic heterocycles. The molecule has 1 saturated heterocycles. The number of aromatic nitrogens is 2. The van der Waals surface area contributed by atoms with E-state index in [4.69, 9.17) is 0 Å². The molecule has 3 rings (SSSR count). The molecule has 0 unspecified atom stereocenters. The molecule has 0 spiro atoms. The quantitative estimate of drug-likeness (QED) is 0.818. The van der Waals surface area contributed by atoms with E-state index in [0.717, 1.165) is 5.52 Å². The molecule has 17 heavy (non-hydrogen) atoms. The lowest BCUT2D eigenvalue weighted by Gasteiger charge is -2.43. The Labute approximate surface area is 102 Å². The molecule has 0 aliphatic carbocycles. The van der Waals surface area contributed by atoms with Crippen molar-refractivity contribution >= 4 is 21.6 Å². The number of β-amino-alcohol motifs (C(OH)–C–C–N with tert-alkyl or cyclic N) is 1. The third-order valence-corrected chi connectivity index (χ3v) is 3.77. The van der Waals surface area contributed by atoms with Crippen molar-refractivity contribution < 1.29 is 5.11 Å². The van der Waals surface area contributed by atoms with Gasteiger partial charge in [0.15, 0.2) is 0 Å². The predicted molar refractivity (Wildman–Crippen MR) is 66.1 cm³/mol. The van der Waals surface area contributed by atoms with E-state index in [1.54, 1.807) is 0 Å². The van der Waals surface area contributed by atoms with Crippen molar-refractivity contribution in [3.8, 4) is 0 Å². The zero-order valence-corrected chi connectivity index (χ0v) is 10.3. The standard InChI is InChI=1S/C11H13N3O2S/c1-11(16)5-14(6-11)4-8-12-7-2-3-17-9(7)10(15)13-8/h2-3,16H,4-6H2,1H3,(H,12,13,15). The first kappa shape index (κ1) is 10.9. The molecule has 1 fully saturated rings. The lowest BCUT2D eigenvalue weighted by molar-refractivity contribution is -0.0880. The van der Waals surface area contributed by atoms with E-state index in [2.05, 4.69) is 14.9 Å². The van der Waals surface area contributed by atoms with Gasteiger partial charge in [0, 0.05) is 13.1 Å². The lowest BCUT2D eigenvalue weighted by atomic mass is 9.97. The van der Waals surface area contributed by atoms with Crippen LogP contribution in [0.3, 0.4) is 0 Å². The maximum atomic E-state index is 11.7. The minimum atomic E-state index is -0.590. The third kappa shape index (κ3) is 1.99. The van der Waals surface area contributed by atoms with E-state index < -0.39 is 5.60 Å². The van der Waals surface area contributed by atoms with Crippen molar-refractivity contribution in [1.29, 1.82) is 0 Å². The molecule has 6 heteroatoms. The zero-order valence-electron chi connectivity index (χ0n) is 9.43. The Morgan fingerprint density at radius 1 is 1.65 bits per heavy atom. The fraction of sp³-hybridized carbons (Fsp3) is 0.455. The summed E-state index contributed by atoms with van der Waals surface area (Å²) < 4.78 is 0.671. The van der Waals surface area contributed by atoms with Gasteiger partial charge < -0.3 is 10.1 Å². The Balaban J connectivity index is 1.84. The number of likely N-dealkylation sites (tertiary alicyclic amines) is 1. The molecule has 0 radical (unpaired) electrons. The minimum Gasteiger partial charge on any atom is -0.388 e. The fourth-order valence-corrected chi connectivity index (χ4v) is 2.96. The van der Waals surface area contributed by atoms with Gasteiger partial charge in [0.1, 0.15) is 10.5 Å². The molecule has 2 N–H and O–H groups in total. The topological polar surface area (TPSA) is 69.2 Å². The molecule has 0 atom stereocenters. The van der Waals surface area contributed by atoms with Crippen LogP contribution in [0.5, 0.6) is 0 Å². The van der Waals surface area contributed by atoms with Crippen LogP contribution in [-0.4, -0.2) is 38.7 Å². The normalized spacial score (nSPS) is 19.4. The summed E-state index contributed by atoms with van der Waals surface area (Å²) in [6, 6.07) is 1.85. The molecule has 1 aliphatic rings. The minimum absolute atomic E-state index is 0.0766. The van der Waals surface area contributed by atoms with Crippen molar-refractivity contribution in [3.05, 3.63) is 27.6 Å². The summed E-state index contributed by atoms with van der Waals surface area (Å²) in [7, 11) is 0. The van der Waals surface area contributed by atoms with E-state index in [0.29, 0.717) is 30.2 Å². The highest BCUT2D eigenvalue weighted by atomic mass is 32.1. The monoisotopic (exact) mass is 251 g/mol. The smallest absolute Gasteiger partial charge is 0.268 e. The van der Waals surface area contributed by atoms with Gasteiger partial charge in [-0.25, -0.2) is 4.98 Å². The van der Waals surface area contributed by atoms with Gasteiger partial charge in [0.2, 0.25) is 0 Å². The van der Waals surface area contributed by atoms with Crippen molar-refractivity contribution in [1.82, 2.24) is 14.9 Å². The van der Waals surface area contributed by atoms with Gasteiger partial charge in [-0.3, -0.25) is 9.69 Å². The van der Waals surface area contributed by atoms with Crippen molar-refractivity contribution in [2.45, 2.75) is 19.1 Å². The Kier molecular flexibility index (Phi) is 2.32. The lowest BCUT2D eigenvalue weighted by Crippen LogP contribution is -2.59. The number of nitrogens with zero attached hydrogens (tertiary/aromatic N) is 2. The largest absolute Gasteiger partial charge is 0.388 e. The van der Waals surface area contributed by atoms with Crippen molar-refractivity contribution in [2.24, 2.45) is 0 Å². The number of nitrogens with one attached hydrogen (secondary N) is 1. The number of H-pyrrole nitrogens is 1. The van der Waals surface area contributed by atoms with Crippen molar-refractivity contribution in [2.75, 3.05) is 13.1 Å². The van der Waals surface area contributed by atoms with Gasteiger partial charge in [0.05, 0.1) is 17.7 Å². The van der Waals surface area contributed by atoms with E-state index in [1.165, 1.54) is 11.3 Å². The number of hydrogen-bond acceptors (Lipinski definition) is 5. The highest BCUT2D eigenvalue weighted by Gasteiger charge is 2.36. The van der Waals surface area contributed by atoms with Crippen LogP contribution in [0.15, 0.2) is 16.2 Å². The summed E-state index contributed by atoms with van der Waals surface area (Å²) in [6.07, 6.45) is 0. The van der Waals surface area contributed by atoms with Crippen LogP contribution in [0.4, 0.5) is 0 Å². The van der Waals surface area contributed by atoms with Gasteiger partial charge in [0.25, 0.3) is 5.56 Å². The molecule has 2 aromatic heterocycles. The second-order valence-corrected chi connectivity index (χ2v) is 5.71. The number of hydrogen-bond donors (Lipinski definition) is 2. The summed E-state index contributed by atoms with van der Waals surface area (Å²) in [6.45, 7) is 3.63. The second-order valence-electron chi connectivity index (χ2n) is 4.79. The molecule has 5 nitrogen and oxygen atoms in total. The predicted octanol–water partition coefficient (Wildman–Crippen LogP) is 0.551. The van der Waals surface area contributed by atoms with E-state index in [9.17, 15) is 9.90 Å². The summed E-state index contributed by atoms with van der Waals surface area (Å²) in [5.41, 5.74) is 0.0839. The Bertz CT molecular complexity index is 608. The number of thiophene rings is 1. The first-order valence-electron chi connectivity index (χ1n) is 5.45. The molecule has 0 amide bonds. The molecule has 0 saturated carbocycles. The average Bonchev–Trinajstić information content (AvgIpc) is 2.63. The number of rotatable bonds is 2. The second kappa shape index (κ2) is 3.63. The average molecular weight is 251 g/mol. The van der Waals surface area contributed by atoms with Crippen LogP contribution >= 0.6 is 11.3 Å². The fourth-order valence-electron chi connectivity index (χ4n) is 2.24.